The molecule has 5 rings (SSSR count). The van der Waals surface area contributed by atoms with Crippen LogP contribution in [0.1, 0.15) is 46.4 Å². The van der Waals surface area contributed by atoms with Gasteiger partial charge in [-0.05, 0) is 43.2 Å². The summed E-state index contributed by atoms with van der Waals surface area (Å²) in [6, 6.07) is 9.93. The van der Waals surface area contributed by atoms with E-state index in [1.165, 1.54) is 16.0 Å². The lowest BCUT2D eigenvalue weighted by atomic mass is 10.1. The van der Waals surface area contributed by atoms with E-state index >= 15 is 0 Å². The van der Waals surface area contributed by atoms with Gasteiger partial charge in [0.25, 0.3) is 17.7 Å². The fourth-order valence-corrected chi connectivity index (χ4v) is 4.83. The second-order valence-electron chi connectivity index (χ2n) is 9.08. The Morgan fingerprint density at radius 3 is 2.51 bits per heavy atom. The van der Waals surface area contributed by atoms with Crippen molar-refractivity contribution in [3.8, 4) is 5.69 Å². The van der Waals surface area contributed by atoms with Gasteiger partial charge in [0.1, 0.15) is 11.7 Å². The Labute approximate surface area is 200 Å². The summed E-state index contributed by atoms with van der Waals surface area (Å²) in [5.41, 5.74) is 7.53. The van der Waals surface area contributed by atoms with E-state index in [0.29, 0.717) is 40.8 Å². The number of primary amides is 1. The molecule has 2 aromatic heterocycles. The highest BCUT2D eigenvalue weighted by atomic mass is 19.3. The van der Waals surface area contributed by atoms with Crippen LogP contribution in [0.15, 0.2) is 48.8 Å². The summed E-state index contributed by atoms with van der Waals surface area (Å²) in [5.74, 6) is -3.79. The Bertz CT molecular complexity index is 1310. The Balaban J connectivity index is 1.39. The number of piperidine rings is 1. The summed E-state index contributed by atoms with van der Waals surface area (Å²) in [4.78, 5) is 45.0. The number of fused-ring (bicyclic) bond motifs is 1. The van der Waals surface area contributed by atoms with Crippen molar-refractivity contribution in [1.82, 2.24) is 19.4 Å². The minimum Gasteiger partial charge on any atom is -0.368 e. The fourth-order valence-electron chi connectivity index (χ4n) is 4.83. The molecule has 10 heteroatoms. The van der Waals surface area contributed by atoms with Crippen molar-refractivity contribution >= 4 is 28.8 Å². The standard InChI is InChI=1S/C25H25F2N5O3/c26-25(27)7-11-30(12-8-25)23(34)18-13-16-6-10-31(22(16)29-15-18)19-4-1-3-17(14-19)24(35)32-9-2-5-20(32)21(28)33/h1,3-4,6,10,13-15,20H,2,5,7-9,11-12H2,(H2,28,33). The van der Waals surface area contributed by atoms with Crippen LogP contribution in [0.2, 0.25) is 0 Å². The Morgan fingerprint density at radius 2 is 1.77 bits per heavy atom. The van der Waals surface area contributed by atoms with E-state index in [9.17, 15) is 23.2 Å². The maximum atomic E-state index is 13.4. The minimum atomic E-state index is -2.72. The Hall–Kier alpha value is -3.82. The SMILES string of the molecule is NC(=O)C1CCCN1C(=O)c1cccc(-n2ccc3cc(C(=O)N4CCC(F)(F)CC4)cnc32)c1. The third kappa shape index (κ3) is 4.36. The number of alkyl halides is 2. The van der Waals surface area contributed by atoms with Gasteiger partial charge in [-0.25, -0.2) is 13.8 Å². The smallest absolute Gasteiger partial charge is 0.255 e. The predicted molar refractivity (Wildman–Crippen MR) is 124 cm³/mol. The number of pyridine rings is 1. The lowest BCUT2D eigenvalue weighted by molar-refractivity contribution is -0.121. The topological polar surface area (TPSA) is 102 Å². The number of halogens is 2. The number of nitrogens with two attached hydrogens (primary N) is 1. The molecule has 2 fully saturated rings. The molecule has 0 radical (unpaired) electrons. The average molecular weight is 482 g/mol. The van der Waals surface area contributed by atoms with Crippen LogP contribution < -0.4 is 5.73 Å². The van der Waals surface area contributed by atoms with E-state index in [0.717, 1.165) is 6.42 Å². The molecule has 1 unspecified atom stereocenters. The van der Waals surface area contributed by atoms with Gasteiger partial charge in [0.05, 0.1) is 5.56 Å². The number of benzene rings is 1. The van der Waals surface area contributed by atoms with Crippen molar-refractivity contribution in [2.75, 3.05) is 19.6 Å². The molecule has 3 aromatic rings. The molecule has 2 aliphatic rings. The Morgan fingerprint density at radius 1 is 1.00 bits per heavy atom. The van der Waals surface area contributed by atoms with Crippen molar-refractivity contribution in [3.05, 3.63) is 59.9 Å². The number of hydrogen-bond acceptors (Lipinski definition) is 4. The summed E-state index contributed by atoms with van der Waals surface area (Å²) in [7, 11) is 0. The number of nitrogens with zero attached hydrogens (tertiary/aromatic N) is 4. The second kappa shape index (κ2) is 8.75. The molecular formula is C25H25F2N5O3. The van der Waals surface area contributed by atoms with Gasteiger partial charge < -0.3 is 20.1 Å². The first-order chi connectivity index (χ1) is 16.7. The van der Waals surface area contributed by atoms with Gasteiger partial charge in [-0.3, -0.25) is 14.4 Å². The summed E-state index contributed by atoms with van der Waals surface area (Å²) in [6.45, 7) is 0.509. The molecule has 0 bridgehead atoms. The van der Waals surface area contributed by atoms with Crippen LogP contribution in [-0.2, 0) is 4.79 Å². The first-order valence-corrected chi connectivity index (χ1v) is 11.6. The number of aromatic nitrogens is 2. The minimum absolute atomic E-state index is 0.0132. The third-order valence-corrected chi connectivity index (χ3v) is 6.77. The number of carbonyl (C=O) groups excluding carboxylic acids is 3. The van der Waals surface area contributed by atoms with Gasteiger partial charge in [-0.1, -0.05) is 6.07 Å². The zero-order valence-corrected chi connectivity index (χ0v) is 19.0. The molecule has 3 amide bonds. The first-order valence-electron chi connectivity index (χ1n) is 11.6. The van der Waals surface area contributed by atoms with Gasteiger partial charge in [0.2, 0.25) is 5.91 Å². The highest BCUT2D eigenvalue weighted by molar-refractivity contribution is 5.99. The van der Waals surface area contributed by atoms with Gasteiger partial charge in [-0.2, -0.15) is 0 Å². The van der Waals surface area contributed by atoms with Crippen molar-refractivity contribution in [1.29, 1.82) is 0 Å². The molecule has 0 saturated carbocycles. The summed E-state index contributed by atoms with van der Waals surface area (Å²) < 4.78 is 28.7. The predicted octanol–water partition coefficient (Wildman–Crippen LogP) is 2.99. The number of carbonyl (C=O) groups is 3. The molecule has 35 heavy (non-hydrogen) atoms. The largest absolute Gasteiger partial charge is 0.368 e. The average Bonchev–Trinajstić information content (AvgIpc) is 3.50. The lowest BCUT2D eigenvalue weighted by Crippen LogP contribution is -2.43. The van der Waals surface area contributed by atoms with E-state index < -0.39 is 17.9 Å². The summed E-state index contributed by atoms with van der Waals surface area (Å²) >= 11 is 0. The van der Waals surface area contributed by atoms with Gasteiger partial charge in [0.15, 0.2) is 0 Å². The molecule has 2 saturated heterocycles. The highest BCUT2D eigenvalue weighted by Gasteiger charge is 2.36. The van der Waals surface area contributed by atoms with Gasteiger partial charge in [-0.15, -0.1) is 0 Å². The molecule has 1 aromatic carbocycles. The number of hydrogen-bond donors (Lipinski definition) is 1. The molecule has 2 N–H and O–H groups in total. The zero-order valence-electron chi connectivity index (χ0n) is 19.0. The maximum Gasteiger partial charge on any atom is 0.255 e. The van der Waals surface area contributed by atoms with Crippen LogP contribution in [0, 0.1) is 0 Å². The Kier molecular flexibility index (Phi) is 5.74. The summed E-state index contributed by atoms with van der Waals surface area (Å²) in [6.07, 6.45) is 3.86. The molecule has 4 heterocycles. The molecular weight excluding hydrogens is 456 g/mol. The molecule has 1 atom stereocenters. The highest BCUT2D eigenvalue weighted by Crippen LogP contribution is 2.29. The molecule has 182 valence electrons. The first kappa shape index (κ1) is 22.9. The summed E-state index contributed by atoms with van der Waals surface area (Å²) in [5, 5.41) is 0.711. The normalized spacial score (nSPS) is 19.8. The third-order valence-electron chi connectivity index (χ3n) is 6.77. The zero-order chi connectivity index (χ0) is 24.7. The van der Waals surface area contributed by atoms with E-state index in [1.54, 1.807) is 35.0 Å². The molecule has 2 aliphatic heterocycles. The van der Waals surface area contributed by atoms with Crippen molar-refractivity contribution in [3.63, 3.8) is 0 Å². The quantitative estimate of drug-likeness (QED) is 0.619. The van der Waals surface area contributed by atoms with Crippen LogP contribution in [0.25, 0.3) is 16.7 Å². The maximum absolute atomic E-state index is 13.4. The van der Waals surface area contributed by atoms with Gasteiger partial charge in [0, 0.05) is 61.5 Å². The monoisotopic (exact) mass is 481 g/mol. The van der Waals surface area contributed by atoms with Crippen molar-refractivity contribution in [2.24, 2.45) is 5.73 Å². The second-order valence-corrected chi connectivity index (χ2v) is 9.08. The molecule has 8 nitrogen and oxygen atoms in total. The molecule has 0 aliphatic carbocycles. The number of rotatable bonds is 4. The number of likely N-dealkylation sites (tertiary alicyclic amines) is 2. The van der Waals surface area contributed by atoms with Gasteiger partial charge >= 0.3 is 0 Å². The van der Waals surface area contributed by atoms with Crippen LogP contribution in [0.4, 0.5) is 8.78 Å². The van der Waals surface area contributed by atoms with Crippen LogP contribution >= 0.6 is 0 Å². The van der Waals surface area contributed by atoms with Crippen molar-refractivity contribution < 1.29 is 23.2 Å². The lowest BCUT2D eigenvalue weighted by Gasteiger charge is -2.31. The van der Waals surface area contributed by atoms with Crippen LogP contribution in [-0.4, -0.2) is 68.7 Å². The van der Waals surface area contributed by atoms with E-state index in [2.05, 4.69) is 4.98 Å². The van der Waals surface area contributed by atoms with E-state index in [4.69, 9.17) is 5.73 Å². The van der Waals surface area contributed by atoms with Crippen molar-refractivity contribution in [2.45, 2.75) is 37.6 Å². The van der Waals surface area contributed by atoms with Crippen LogP contribution in [0.5, 0.6) is 0 Å². The van der Waals surface area contributed by atoms with E-state index in [-0.39, 0.29) is 37.7 Å². The van der Waals surface area contributed by atoms with E-state index in [1.807, 2.05) is 12.1 Å². The number of amides is 3. The van der Waals surface area contributed by atoms with Crippen LogP contribution in [0.3, 0.4) is 0 Å². The molecule has 0 spiro atoms. The fraction of sp³-hybridized carbons (Fsp3) is 0.360.